The van der Waals surface area contributed by atoms with Gasteiger partial charge < -0.3 is 16.2 Å². The van der Waals surface area contributed by atoms with E-state index < -0.39 is 0 Å². The van der Waals surface area contributed by atoms with E-state index in [1.807, 2.05) is 12.1 Å². The van der Waals surface area contributed by atoms with Crippen LogP contribution in [-0.4, -0.2) is 24.2 Å². The van der Waals surface area contributed by atoms with Gasteiger partial charge in [0, 0.05) is 18.8 Å². The second-order valence-corrected chi connectivity index (χ2v) is 4.51. The Balaban J connectivity index is 2.35. The van der Waals surface area contributed by atoms with Crippen molar-refractivity contribution in [3.05, 3.63) is 29.8 Å². The molecule has 0 saturated heterocycles. The first-order chi connectivity index (χ1) is 8.65. The van der Waals surface area contributed by atoms with Crippen molar-refractivity contribution >= 4 is 11.6 Å². The Morgan fingerprint density at radius 3 is 2.61 bits per heavy atom. The van der Waals surface area contributed by atoms with Crippen molar-refractivity contribution in [2.24, 2.45) is 5.92 Å². The van der Waals surface area contributed by atoms with Gasteiger partial charge in [0.15, 0.2) is 0 Å². The zero-order chi connectivity index (χ0) is 13.4. The number of carbonyl (C=O) groups excluding carboxylic acids is 1. The van der Waals surface area contributed by atoms with Gasteiger partial charge in [-0.15, -0.1) is 0 Å². The molecule has 0 aliphatic carbocycles. The Bertz CT molecular complexity index is 363. The predicted molar refractivity (Wildman–Crippen MR) is 73.1 cm³/mol. The number of rotatable bonds is 7. The van der Waals surface area contributed by atoms with E-state index in [0.29, 0.717) is 24.6 Å². The van der Waals surface area contributed by atoms with Crippen LogP contribution in [0, 0.1) is 5.92 Å². The summed E-state index contributed by atoms with van der Waals surface area (Å²) in [5, 5.41) is 11.8. The fraction of sp³-hybridized carbons (Fsp3) is 0.500. The number of nitrogen functional groups attached to an aromatic ring is 1. The van der Waals surface area contributed by atoms with Gasteiger partial charge in [0.1, 0.15) is 0 Å². The molecular weight excluding hydrogens is 228 g/mol. The van der Waals surface area contributed by atoms with Crippen molar-refractivity contribution in [1.82, 2.24) is 5.32 Å². The van der Waals surface area contributed by atoms with Crippen LogP contribution in [0.5, 0.6) is 0 Å². The molecule has 4 N–H and O–H groups in total. The van der Waals surface area contributed by atoms with Crippen LogP contribution in [0.15, 0.2) is 24.3 Å². The summed E-state index contributed by atoms with van der Waals surface area (Å²) < 4.78 is 0. The highest BCUT2D eigenvalue weighted by molar-refractivity contribution is 5.78. The number of hydrogen-bond donors (Lipinski definition) is 3. The molecule has 4 nitrogen and oxygen atoms in total. The van der Waals surface area contributed by atoms with E-state index >= 15 is 0 Å². The van der Waals surface area contributed by atoms with E-state index in [-0.39, 0.29) is 12.5 Å². The lowest BCUT2D eigenvalue weighted by molar-refractivity contribution is -0.120. The third-order valence-corrected chi connectivity index (χ3v) is 3.05. The first kappa shape index (κ1) is 14.5. The summed E-state index contributed by atoms with van der Waals surface area (Å²) in [4.78, 5) is 11.7. The molecule has 1 unspecified atom stereocenters. The minimum Gasteiger partial charge on any atom is -0.399 e. The lowest BCUT2D eigenvalue weighted by Crippen LogP contribution is -2.30. The van der Waals surface area contributed by atoms with Gasteiger partial charge in [0.2, 0.25) is 5.91 Å². The topological polar surface area (TPSA) is 75.3 Å². The molecular formula is C14H22N2O2. The molecule has 0 saturated carbocycles. The molecule has 1 atom stereocenters. The lowest BCUT2D eigenvalue weighted by atomic mass is 10.0. The van der Waals surface area contributed by atoms with E-state index in [9.17, 15) is 4.79 Å². The second-order valence-electron chi connectivity index (χ2n) is 4.51. The summed E-state index contributed by atoms with van der Waals surface area (Å²) in [5.41, 5.74) is 7.24. The van der Waals surface area contributed by atoms with Crippen LogP contribution in [-0.2, 0) is 11.2 Å². The van der Waals surface area contributed by atoms with Gasteiger partial charge in [0.25, 0.3) is 0 Å². The Morgan fingerprint density at radius 1 is 1.39 bits per heavy atom. The van der Waals surface area contributed by atoms with Gasteiger partial charge >= 0.3 is 0 Å². The normalized spacial score (nSPS) is 12.1. The molecule has 1 aromatic rings. The highest BCUT2D eigenvalue weighted by atomic mass is 16.3. The number of benzene rings is 1. The van der Waals surface area contributed by atoms with Crippen molar-refractivity contribution in [3.8, 4) is 0 Å². The van der Waals surface area contributed by atoms with E-state index in [2.05, 4.69) is 12.2 Å². The van der Waals surface area contributed by atoms with Gasteiger partial charge in [-0.3, -0.25) is 4.79 Å². The average molecular weight is 250 g/mol. The summed E-state index contributed by atoms with van der Waals surface area (Å²) in [6.07, 6.45) is 2.07. The van der Waals surface area contributed by atoms with E-state index in [0.717, 1.165) is 18.4 Å². The maximum absolute atomic E-state index is 11.7. The number of nitrogens with two attached hydrogens (primary N) is 1. The van der Waals surface area contributed by atoms with Crippen LogP contribution >= 0.6 is 0 Å². The molecule has 0 aliphatic rings. The average Bonchev–Trinajstić information content (AvgIpc) is 2.37. The highest BCUT2D eigenvalue weighted by Gasteiger charge is 2.08. The van der Waals surface area contributed by atoms with Gasteiger partial charge in [-0.05, 0) is 30.0 Å². The zero-order valence-electron chi connectivity index (χ0n) is 10.9. The van der Waals surface area contributed by atoms with Gasteiger partial charge in [-0.2, -0.15) is 0 Å². The smallest absolute Gasteiger partial charge is 0.224 e. The minimum absolute atomic E-state index is 0.0103. The van der Waals surface area contributed by atoms with Gasteiger partial charge in [-0.1, -0.05) is 25.5 Å². The van der Waals surface area contributed by atoms with Gasteiger partial charge in [-0.25, -0.2) is 0 Å². The zero-order valence-corrected chi connectivity index (χ0v) is 10.9. The van der Waals surface area contributed by atoms with Crippen molar-refractivity contribution in [1.29, 1.82) is 0 Å². The molecule has 0 bridgehead atoms. The Kier molecular flexibility index (Phi) is 6.22. The molecule has 100 valence electrons. The SMILES string of the molecule is CCC(CCO)CNC(=O)Cc1ccc(N)cc1. The number of hydrogen-bond acceptors (Lipinski definition) is 3. The number of carbonyl (C=O) groups is 1. The Labute approximate surface area is 108 Å². The van der Waals surface area contributed by atoms with Crippen LogP contribution in [0.4, 0.5) is 5.69 Å². The summed E-state index contributed by atoms with van der Waals surface area (Å²) >= 11 is 0. The van der Waals surface area contributed by atoms with Gasteiger partial charge in [0.05, 0.1) is 6.42 Å². The molecule has 4 heteroatoms. The number of anilines is 1. The quantitative estimate of drug-likeness (QED) is 0.639. The van der Waals surface area contributed by atoms with E-state index in [1.54, 1.807) is 12.1 Å². The summed E-state index contributed by atoms with van der Waals surface area (Å²) in [6.45, 7) is 2.86. The minimum atomic E-state index is 0.0103. The fourth-order valence-corrected chi connectivity index (χ4v) is 1.77. The third kappa shape index (κ3) is 5.19. The van der Waals surface area contributed by atoms with Crippen molar-refractivity contribution < 1.29 is 9.90 Å². The number of amides is 1. The largest absolute Gasteiger partial charge is 0.399 e. The molecule has 0 radical (unpaired) electrons. The second kappa shape index (κ2) is 7.71. The maximum Gasteiger partial charge on any atom is 0.224 e. The summed E-state index contributed by atoms with van der Waals surface area (Å²) in [7, 11) is 0. The van der Waals surface area contributed by atoms with Crippen LogP contribution < -0.4 is 11.1 Å². The predicted octanol–water partition coefficient (Wildman–Crippen LogP) is 1.34. The van der Waals surface area contributed by atoms with Crippen LogP contribution in [0.3, 0.4) is 0 Å². The van der Waals surface area contributed by atoms with Crippen molar-refractivity contribution in [3.63, 3.8) is 0 Å². The maximum atomic E-state index is 11.7. The molecule has 1 amide bonds. The Hall–Kier alpha value is -1.55. The van der Waals surface area contributed by atoms with Crippen LogP contribution in [0.2, 0.25) is 0 Å². The van der Waals surface area contributed by atoms with E-state index in [4.69, 9.17) is 10.8 Å². The fourth-order valence-electron chi connectivity index (χ4n) is 1.77. The first-order valence-corrected chi connectivity index (χ1v) is 6.37. The van der Waals surface area contributed by atoms with Crippen molar-refractivity contribution in [2.45, 2.75) is 26.2 Å². The molecule has 0 heterocycles. The van der Waals surface area contributed by atoms with Crippen LogP contribution in [0.1, 0.15) is 25.3 Å². The summed E-state index contributed by atoms with van der Waals surface area (Å²) in [5.74, 6) is 0.363. The molecule has 1 aromatic carbocycles. The molecule has 0 spiro atoms. The van der Waals surface area contributed by atoms with Crippen molar-refractivity contribution in [2.75, 3.05) is 18.9 Å². The van der Waals surface area contributed by atoms with E-state index in [1.165, 1.54) is 0 Å². The lowest BCUT2D eigenvalue weighted by Gasteiger charge is -2.14. The van der Waals surface area contributed by atoms with Crippen LogP contribution in [0.25, 0.3) is 0 Å². The monoisotopic (exact) mass is 250 g/mol. The standard InChI is InChI=1S/C14H22N2O2/c1-2-11(7-8-17)10-16-14(18)9-12-3-5-13(15)6-4-12/h3-6,11,17H,2,7-10,15H2,1H3,(H,16,18). The summed E-state index contributed by atoms with van der Waals surface area (Å²) in [6, 6.07) is 7.31. The number of aliphatic hydroxyl groups excluding tert-OH is 1. The third-order valence-electron chi connectivity index (χ3n) is 3.05. The first-order valence-electron chi connectivity index (χ1n) is 6.37. The number of aliphatic hydroxyl groups is 1. The molecule has 0 aliphatic heterocycles. The highest BCUT2D eigenvalue weighted by Crippen LogP contribution is 2.07. The molecule has 0 fully saturated rings. The molecule has 1 rings (SSSR count). The molecule has 0 aromatic heterocycles. The molecule has 18 heavy (non-hydrogen) atoms. The Morgan fingerprint density at radius 2 is 2.06 bits per heavy atom. The number of nitrogens with one attached hydrogen (secondary N) is 1.